The lowest BCUT2D eigenvalue weighted by molar-refractivity contribution is -0.384. The van der Waals surface area contributed by atoms with E-state index in [2.05, 4.69) is 10.2 Å². The third-order valence-corrected chi connectivity index (χ3v) is 2.56. The summed E-state index contributed by atoms with van der Waals surface area (Å²) in [4.78, 5) is 20.9. The average Bonchev–Trinajstić information content (AvgIpc) is 2.31. The van der Waals surface area contributed by atoms with Crippen LogP contribution in [0.1, 0.15) is 11.6 Å². The van der Waals surface area contributed by atoms with E-state index in [0.29, 0.717) is 10.6 Å². The van der Waals surface area contributed by atoms with E-state index in [-0.39, 0.29) is 5.69 Å². The second kappa shape index (κ2) is 4.42. The Morgan fingerprint density at radius 2 is 2.18 bits per heavy atom. The van der Waals surface area contributed by atoms with Crippen molar-refractivity contribution < 1.29 is 9.72 Å². The van der Waals surface area contributed by atoms with Gasteiger partial charge in [0.25, 0.3) is 11.6 Å². The molecule has 1 heterocycles. The summed E-state index contributed by atoms with van der Waals surface area (Å²) in [6, 6.07) is 3.50. The molecule has 1 aliphatic rings. The van der Waals surface area contributed by atoms with Crippen molar-refractivity contribution >= 4 is 23.2 Å². The molecule has 86 valence electrons. The van der Waals surface area contributed by atoms with Crippen LogP contribution in [-0.2, 0) is 4.79 Å². The van der Waals surface area contributed by atoms with E-state index in [4.69, 9.17) is 11.6 Å². The van der Waals surface area contributed by atoms with Crippen LogP contribution in [0.15, 0.2) is 40.6 Å². The maximum absolute atomic E-state index is 10.8. The largest absolute Gasteiger partial charge is 0.287 e. The van der Waals surface area contributed by atoms with E-state index in [9.17, 15) is 14.9 Å². The van der Waals surface area contributed by atoms with Crippen LogP contribution < -0.4 is 0 Å². The van der Waals surface area contributed by atoms with Crippen LogP contribution in [0.4, 0.5) is 5.69 Å². The quantitative estimate of drug-likeness (QED) is 0.598. The fraction of sp³-hybridized carbons (Fsp3) is 0.100. The van der Waals surface area contributed by atoms with Gasteiger partial charge in [0.15, 0.2) is 0 Å². The van der Waals surface area contributed by atoms with Crippen LogP contribution in [0.2, 0.25) is 5.02 Å². The fourth-order valence-corrected chi connectivity index (χ4v) is 1.63. The highest BCUT2D eigenvalue weighted by atomic mass is 35.5. The highest BCUT2D eigenvalue weighted by molar-refractivity contribution is 6.31. The zero-order valence-corrected chi connectivity index (χ0v) is 9.16. The molecule has 1 amide bonds. The Bertz CT molecular complexity index is 538. The highest BCUT2D eigenvalue weighted by Crippen LogP contribution is 2.31. The van der Waals surface area contributed by atoms with Gasteiger partial charge >= 0.3 is 0 Å². The number of nitro groups is 1. The third kappa shape index (κ3) is 2.36. The van der Waals surface area contributed by atoms with E-state index in [0.717, 1.165) is 0 Å². The smallest absolute Gasteiger partial charge is 0.266 e. The molecule has 1 unspecified atom stereocenters. The van der Waals surface area contributed by atoms with Crippen LogP contribution in [0.3, 0.4) is 0 Å². The van der Waals surface area contributed by atoms with Gasteiger partial charge in [-0.1, -0.05) is 11.6 Å². The number of benzene rings is 1. The number of hydrogen-bond donors (Lipinski definition) is 0. The molecular formula is C10H6ClN3O3. The standard InChI is InChI=1S/C10H6ClN3O3/c11-8-2-1-6(14(16)17)5-7(8)9-3-4-10(15)13-12-9/h1-5,9H. The van der Waals surface area contributed by atoms with Crippen molar-refractivity contribution in [3.63, 3.8) is 0 Å². The molecule has 0 saturated heterocycles. The normalized spacial score (nSPS) is 18.4. The monoisotopic (exact) mass is 251 g/mol. The molecule has 6 nitrogen and oxygen atoms in total. The predicted octanol–water partition coefficient (Wildman–Crippen LogP) is 2.84. The SMILES string of the molecule is O=C1C=CC(c2cc([N+](=O)[O-])ccc2Cl)N=N1. The molecule has 0 N–H and O–H groups in total. The summed E-state index contributed by atoms with van der Waals surface area (Å²) < 4.78 is 0. The Morgan fingerprint density at radius 3 is 2.76 bits per heavy atom. The Labute approximate surface area is 101 Å². The molecule has 1 aliphatic heterocycles. The van der Waals surface area contributed by atoms with Gasteiger partial charge in [-0.3, -0.25) is 14.9 Å². The second-order valence-electron chi connectivity index (χ2n) is 3.32. The number of non-ortho nitro benzene ring substituents is 1. The number of carbonyl (C=O) groups is 1. The molecule has 7 heteroatoms. The number of carbonyl (C=O) groups excluding carboxylic acids is 1. The molecule has 0 spiro atoms. The van der Waals surface area contributed by atoms with Gasteiger partial charge < -0.3 is 0 Å². The van der Waals surface area contributed by atoms with Gasteiger partial charge in [0, 0.05) is 28.8 Å². The van der Waals surface area contributed by atoms with E-state index < -0.39 is 16.9 Å². The number of amides is 1. The first-order valence-corrected chi connectivity index (χ1v) is 5.02. The zero-order valence-electron chi connectivity index (χ0n) is 8.41. The molecular weight excluding hydrogens is 246 g/mol. The van der Waals surface area contributed by atoms with Crippen LogP contribution in [0.5, 0.6) is 0 Å². The van der Waals surface area contributed by atoms with Crippen LogP contribution in [-0.4, -0.2) is 10.8 Å². The Kier molecular flexibility index (Phi) is 2.97. The maximum Gasteiger partial charge on any atom is 0.287 e. The number of nitro benzene ring substituents is 1. The molecule has 17 heavy (non-hydrogen) atoms. The zero-order chi connectivity index (χ0) is 12.4. The molecule has 0 aliphatic carbocycles. The van der Waals surface area contributed by atoms with Gasteiger partial charge in [-0.25, -0.2) is 0 Å². The first-order valence-electron chi connectivity index (χ1n) is 4.65. The third-order valence-electron chi connectivity index (χ3n) is 2.21. The van der Waals surface area contributed by atoms with E-state index in [1.165, 1.54) is 30.4 Å². The van der Waals surface area contributed by atoms with Gasteiger partial charge in [-0.05, 0) is 12.1 Å². The van der Waals surface area contributed by atoms with E-state index >= 15 is 0 Å². The van der Waals surface area contributed by atoms with Crippen molar-refractivity contribution in [2.24, 2.45) is 10.2 Å². The van der Waals surface area contributed by atoms with E-state index in [1.807, 2.05) is 0 Å². The first kappa shape index (κ1) is 11.4. The number of hydrogen-bond acceptors (Lipinski definition) is 4. The van der Waals surface area contributed by atoms with Crippen LogP contribution >= 0.6 is 11.6 Å². The molecule has 1 aromatic rings. The summed E-state index contributed by atoms with van der Waals surface area (Å²) >= 11 is 5.93. The van der Waals surface area contributed by atoms with Gasteiger partial charge in [0.05, 0.1) is 4.92 Å². The van der Waals surface area contributed by atoms with Gasteiger partial charge in [0.1, 0.15) is 6.04 Å². The van der Waals surface area contributed by atoms with Gasteiger partial charge in [0.2, 0.25) is 0 Å². The minimum Gasteiger partial charge on any atom is -0.266 e. The summed E-state index contributed by atoms with van der Waals surface area (Å²) in [6.45, 7) is 0. The molecule has 0 aromatic heterocycles. The summed E-state index contributed by atoms with van der Waals surface area (Å²) in [7, 11) is 0. The first-order chi connectivity index (χ1) is 8.08. The number of nitrogens with zero attached hydrogens (tertiary/aromatic N) is 3. The summed E-state index contributed by atoms with van der Waals surface area (Å²) in [6.07, 6.45) is 2.76. The molecule has 0 radical (unpaired) electrons. The molecule has 2 rings (SSSR count). The fourth-order valence-electron chi connectivity index (χ4n) is 1.40. The number of azo groups is 1. The minimum atomic E-state index is -0.555. The molecule has 0 bridgehead atoms. The Morgan fingerprint density at radius 1 is 1.41 bits per heavy atom. The topological polar surface area (TPSA) is 84.9 Å². The second-order valence-corrected chi connectivity index (χ2v) is 3.73. The lowest BCUT2D eigenvalue weighted by Gasteiger charge is -2.10. The predicted molar refractivity (Wildman–Crippen MR) is 59.9 cm³/mol. The van der Waals surface area contributed by atoms with E-state index in [1.54, 1.807) is 0 Å². The van der Waals surface area contributed by atoms with Crippen molar-refractivity contribution in [2.75, 3.05) is 0 Å². The number of halogens is 1. The Balaban J connectivity index is 2.41. The van der Waals surface area contributed by atoms with Crippen molar-refractivity contribution in [2.45, 2.75) is 6.04 Å². The summed E-state index contributed by atoms with van der Waals surface area (Å²) in [5.41, 5.74) is 0.373. The Hall–Kier alpha value is -2.08. The molecule has 1 atom stereocenters. The summed E-state index contributed by atoms with van der Waals surface area (Å²) in [5, 5.41) is 18.1. The van der Waals surface area contributed by atoms with Crippen LogP contribution in [0.25, 0.3) is 0 Å². The van der Waals surface area contributed by atoms with Crippen LogP contribution in [0, 0.1) is 10.1 Å². The molecule has 1 aromatic carbocycles. The molecule has 0 saturated carbocycles. The minimum absolute atomic E-state index is 0.0788. The van der Waals surface area contributed by atoms with Crippen molar-refractivity contribution in [1.82, 2.24) is 0 Å². The number of rotatable bonds is 2. The summed E-state index contributed by atoms with van der Waals surface area (Å²) in [5.74, 6) is -0.456. The van der Waals surface area contributed by atoms with Crippen molar-refractivity contribution in [3.05, 3.63) is 51.1 Å². The van der Waals surface area contributed by atoms with Gasteiger partial charge in [-0.2, -0.15) is 5.11 Å². The van der Waals surface area contributed by atoms with Gasteiger partial charge in [-0.15, -0.1) is 5.11 Å². The lowest BCUT2D eigenvalue weighted by atomic mass is 10.1. The lowest BCUT2D eigenvalue weighted by Crippen LogP contribution is -2.00. The molecule has 0 fully saturated rings. The maximum atomic E-state index is 10.8. The van der Waals surface area contributed by atoms with Crippen molar-refractivity contribution in [3.8, 4) is 0 Å². The highest BCUT2D eigenvalue weighted by Gasteiger charge is 2.18. The van der Waals surface area contributed by atoms with Crippen molar-refractivity contribution in [1.29, 1.82) is 0 Å². The average molecular weight is 252 g/mol.